The van der Waals surface area contributed by atoms with Gasteiger partial charge < -0.3 is 15.2 Å². The standard InChI is InChI=1S/C21H25F3N4S/c22-21(23,24)19-17-18(14-3-1-4-15(14)26-19)28(11-8-13-6-9-25-10-7-13)20(27-17)16-5-2-12-29-16/h2,5,12-13,19,25-26H,1,3-4,6-11H2. The first-order valence-corrected chi connectivity index (χ1v) is 11.3. The lowest BCUT2D eigenvalue weighted by Gasteiger charge is -2.29. The smallest absolute Gasteiger partial charge is 0.372 e. The second-order valence-corrected chi connectivity index (χ2v) is 9.16. The number of nitrogens with one attached hydrogen (secondary N) is 2. The van der Waals surface area contributed by atoms with E-state index in [2.05, 4.69) is 20.2 Å². The molecule has 2 aliphatic heterocycles. The zero-order valence-electron chi connectivity index (χ0n) is 16.2. The van der Waals surface area contributed by atoms with Gasteiger partial charge in [0.1, 0.15) is 0 Å². The van der Waals surface area contributed by atoms with Gasteiger partial charge in [-0.3, -0.25) is 0 Å². The summed E-state index contributed by atoms with van der Waals surface area (Å²) in [4.78, 5) is 5.55. The van der Waals surface area contributed by atoms with Gasteiger partial charge in [-0.15, -0.1) is 11.3 Å². The number of rotatable bonds is 4. The monoisotopic (exact) mass is 422 g/mol. The Morgan fingerprint density at radius 3 is 2.76 bits per heavy atom. The molecule has 4 nitrogen and oxygen atoms in total. The predicted molar refractivity (Wildman–Crippen MR) is 108 cm³/mol. The average Bonchev–Trinajstić information content (AvgIpc) is 3.43. The SMILES string of the molecule is FC(F)(F)C1NC2=C(CCC2)c2c1nc(-c1cccs1)n2CCC1CCNCC1. The number of aromatic nitrogens is 2. The molecule has 0 amide bonds. The molecule has 1 atom stereocenters. The Morgan fingerprint density at radius 2 is 2.03 bits per heavy atom. The lowest BCUT2D eigenvalue weighted by Crippen LogP contribution is -2.37. The molecule has 156 valence electrons. The average molecular weight is 423 g/mol. The maximum atomic E-state index is 13.9. The fourth-order valence-corrected chi connectivity index (χ4v) is 5.65. The number of halogens is 3. The summed E-state index contributed by atoms with van der Waals surface area (Å²) in [5.74, 6) is 1.30. The highest BCUT2D eigenvalue weighted by atomic mass is 32.1. The van der Waals surface area contributed by atoms with Crippen LogP contribution < -0.4 is 10.6 Å². The van der Waals surface area contributed by atoms with Crippen molar-refractivity contribution in [2.45, 2.75) is 57.3 Å². The molecule has 0 radical (unpaired) electrons. The van der Waals surface area contributed by atoms with Crippen LogP contribution in [0.4, 0.5) is 13.2 Å². The van der Waals surface area contributed by atoms with Gasteiger partial charge in [-0.1, -0.05) is 6.07 Å². The highest BCUT2D eigenvalue weighted by Gasteiger charge is 2.48. The summed E-state index contributed by atoms with van der Waals surface area (Å²) in [6.45, 7) is 2.78. The van der Waals surface area contributed by atoms with Crippen molar-refractivity contribution in [1.29, 1.82) is 0 Å². The number of piperidine rings is 1. The minimum absolute atomic E-state index is 0.159. The minimum Gasteiger partial charge on any atom is -0.372 e. The van der Waals surface area contributed by atoms with E-state index in [1.165, 1.54) is 11.3 Å². The Labute approximate surface area is 172 Å². The molecular weight excluding hydrogens is 397 g/mol. The molecule has 2 aromatic heterocycles. The third-order valence-electron chi connectivity index (χ3n) is 6.38. The number of hydrogen-bond acceptors (Lipinski definition) is 4. The number of thiophene rings is 1. The van der Waals surface area contributed by atoms with Gasteiger partial charge >= 0.3 is 6.18 Å². The van der Waals surface area contributed by atoms with Crippen LogP contribution in [0.25, 0.3) is 16.3 Å². The summed E-state index contributed by atoms with van der Waals surface area (Å²) in [6.07, 6.45) is 1.29. The first-order valence-electron chi connectivity index (χ1n) is 10.4. The van der Waals surface area contributed by atoms with Gasteiger partial charge in [-0.2, -0.15) is 13.2 Å². The van der Waals surface area contributed by atoms with Crippen LogP contribution in [0, 0.1) is 5.92 Å². The molecule has 0 bridgehead atoms. The van der Waals surface area contributed by atoms with Crippen LogP contribution in [0.5, 0.6) is 0 Å². The van der Waals surface area contributed by atoms with Crippen molar-refractivity contribution < 1.29 is 13.2 Å². The highest BCUT2D eigenvalue weighted by molar-refractivity contribution is 7.13. The zero-order chi connectivity index (χ0) is 20.0. The molecule has 1 aliphatic carbocycles. The van der Waals surface area contributed by atoms with Crippen molar-refractivity contribution in [3.05, 3.63) is 34.6 Å². The first kappa shape index (κ1) is 19.2. The number of nitrogens with zero attached hydrogens (tertiary/aromatic N) is 2. The molecule has 8 heteroatoms. The molecule has 3 aliphatic rings. The van der Waals surface area contributed by atoms with E-state index in [1.807, 2.05) is 17.5 Å². The second-order valence-electron chi connectivity index (χ2n) is 8.21. The van der Waals surface area contributed by atoms with Gasteiger partial charge in [0.25, 0.3) is 0 Å². The summed E-state index contributed by atoms with van der Waals surface area (Å²) in [5.41, 5.74) is 2.70. The summed E-state index contributed by atoms with van der Waals surface area (Å²) in [5, 5.41) is 8.12. The molecule has 1 fully saturated rings. The van der Waals surface area contributed by atoms with Crippen molar-refractivity contribution in [3.63, 3.8) is 0 Å². The van der Waals surface area contributed by atoms with Crippen molar-refractivity contribution >= 4 is 16.9 Å². The van der Waals surface area contributed by atoms with Crippen LogP contribution in [0.1, 0.15) is 56.0 Å². The number of alkyl halides is 3. The minimum atomic E-state index is -4.36. The quantitative estimate of drug-likeness (QED) is 0.720. The van der Waals surface area contributed by atoms with Gasteiger partial charge in [0.15, 0.2) is 11.9 Å². The van der Waals surface area contributed by atoms with Crippen LogP contribution >= 0.6 is 11.3 Å². The predicted octanol–water partition coefficient (Wildman–Crippen LogP) is 5.10. The van der Waals surface area contributed by atoms with E-state index < -0.39 is 12.2 Å². The van der Waals surface area contributed by atoms with Gasteiger partial charge in [0.2, 0.25) is 0 Å². The van der Waals surface area contributed by atoms with Crippen LogP contribution in [-0.2, 0) is 6.54 Å². The topological polar surface area (TPSA) is 41.9 Å². The third-order valence-corrected chi connectivity index (χ3v) is 7.24. The molecule has 0 aromatic carbocycles. The molecule has 0 saturated carbocycles. The number of hydrogen-bond donors (Lipinski definition) is 2. The fourth-order valence-electron chi connectivity index (χ4n) is 4.93. The van der Waals surface area contributed by atoms with Crippen molar-refractivity contribution in [2.24, 2.45) is 5.92 Å². The fraction of sp³-hybridized carbons (Fsp3) is 0.571. The Morgan fingerprint density at radius 1 is 1.21 bits per heavy atom. The molecule has 2 aromatic rings. The maximum Gasteiger partial charge on any atom is 0.414 e. The van der Waals surface area contributed by atoms with Crippen molar-refractivity contribution in [3.8, 4) is 10.7 Å². The lowest BCUT2D eigenvalue weighted by atomic mass is 9.94. The number of imidazole rings is 1. The van der Waals surface area contributed by atoms with E-state index in [0.29, 0.717) is 18.2 Å². The van der Waals surface area contributed by atoms with Gasteiger partial charge in [-0.05, 0) is 74.6 Å². The zero-order valence-corrected chi connectivity index (χ0v) is 17.0. The molecule has 1 unspecified atom stereocenters. The van der Waals surface area contributed by atoms with E-state index in [4.69, 9.17) is 0 Å². The summed E-state index contributed by atoms with van der Waals surface area (Å²) >= 11 is 1.54. The van der Waals surface area contributed by atoms with E-state index in [9.17, 15) is 13.2 Å². The number of allylic oxidation sites excluding steroid dienone is 2. The Kier molecular flexibility index (Phi) is 4.94. The van der Waals surface area contributed by atoms with Crippen LogP contribution in [-0.4, -0.2) is 28.8 Å². The van der Waals surface area contributed by atoms with Crippen LogP contribution in [0.2, 0.25) is 0 Å². The van der Waals surface area contributed by atoms with Crippen LogP contribution in [0.15, 0.2) is 23.2 Å². The number of fused-ring (bicyclic) bond motifs is 2. The van der Waals surface area contributed by atoms with Gasteiger partial charge in [-0.25, -0.2) is 4.98 Å². The molecule has 29 heavy (non-hydrogen) atoms. The van der Waals surface area contributed by atoms with E-state index >= 15 is 0 Å². The summed E-state index contributed by atoms with van der Waals surface area (Å²) < 4.78 is 43.8. The summed E-state index contributed by atoms with van der Waals surface area (Å²) in [6, 6.07) is 2.18. The Hall–Kier alpha value is -1.80. The normalized spacial score (nSPS) is 22.5. The largest absolute Gasteiger partial charge is 0.414 e. The summed E-state index contributed by atoms with van der Waals surface area (Å²) in [7, 11) is 0. The van der Waals surface area contributed by atoms with E-state index in [1.54, 1.807) is 0 Å². The van der Waals surface area contributed by atoms with E-state index in [0.717, 1.165) is 73.6 Å². The third kappa shape index (κ3) is 3.50. The van der Waals surface area contributed by atoms with Crippen molar-refractivity contribution in [2.75, 3.05) is 13.1 Å². The van der Waals surface area contributed by atoms with Gasteiger partial charge in [0, 0.05) is 12.2 Å². The van der Waals surface area contributed by atoms with E-state index in [-0.39, 0.29) is 5.69 Å². The molecule has 5 rings (SSSR count). The van der Waals surface area contributed by atoms with Crippen molar-refractivity contribution in [1.82, 2.24) is 20.2 Å². The Bertz CT molecular complexity index is 907. The molecule has 4 heterocycles. The Balaban J connectivity index is 1.59. The molecular formula is C21H25F3N4S. The molecule has 1 saturated heterocycles. The lowest BCUT2D eigenvalue weighted by molar-refractivity contribution is -0.157. The molecule has 0 spiro atoms. The molecule has 2 N–H and O–H groups in total. The van der Waals surface area contributed by atoms with Gasteiger partial charge in [0.05, 0.1) is 16.3 Å². The van der Waals surface area contributed by atoms with Crippen LogP contribution in [0.3, 0.4) is 0 Å². The highest BCUT2D eigenvalue weighted by Crippen LogP contribution is 2.47. The first-order chi connectivity index (χ1) is 14.0. The maximum absolute atomic E-state index is 13.9. The second kappa shape index (κ2) is 7.47.